The monoisotopic (exact) mass is 339 g/mol. The highest BCUT2D eigenvalue weighted by Crippen LogP contribution is 2.23. The predicted molar refractivity (Wildman–Crippen MR) is 88.5 cm³/mol. The lowest BCUT2D eigenvalue weighted by molar-refractivity contribution is -0.166. The number of aliphatic imine (C=N–C) groups is 1. The smallest absolute Gasteiger partial charge is 0.216 e. The van der Waals surface area contributed by atoms with Crippen LogP contribution in [0.2, 0.25) is 0 Å². The summed E-state index contributed by atoms with van der Waals surface area (Å²) in [5, 5.41) is 0. The predicted octanol–water partition coefficient (Wildman–Crippen LogP) is 2.99. The average Bonchev–Trinajstić information content (AvgIpc) is 3.04. The van der Waals surface area contributed by atoms with Crippen LogP contribution in [-0.2, 0) is 14.2 Å². The molecule has 1 aromatic rings. The fourth-order valence-corrected chi connectivity index (χ4v) is 2.96. The number of methoxy groups -OCH3 is 1. The van der Waals surface area contributed by atoms with Crippen LogP contribution in [0.15, 0.2) is 29.3 Å². The quantitative estimate of drug-likeness (QED) is 0.748. The van der Waals surface area contributed by atoms with Gasteiger partial charge in [0.05, 0.1) is 19.6 Å². The zero-order chi connectivity index (χ0) is 16.1. The Morgan fingerprint density at radius 3 is 2.74 bits per heavy atom. The molecule has 2 heterocycles. The maximum atomic E-state index is 6.02. The first kappa shape index (κ1) is 16.6. The minimum absolute atomic E-state index is 0.102. The van der Waals surface area contributed by atoms with Gasteiger partial charge in [0.25, 0.3) is 0 Å². The van der Waals surface area contributed by atoms with Crippen LogP contribution in [0.3, 0.4) is 0 Å². The number of halogens is 1. The lowest BCUT2D eigenvalue weighted by Gasteiger charge is -2.24. The van der Waals surface area contributed by atoms with Crippen LogP contribution in [-0.4, -0.2) is 50.5 Å². The third kappa shape index (κ3) is 4.16. The maximum Gasteiger partial charge on any atom is 0.216 e. The molecule has 0 aromatic heterocycles. The van der Waals surface area contributed by atoms with Crippen LogP contribution in [0.4, 0.5) is 0 Å². The molecular weight excluding hydrogens is 318 g/mol. The van der Waals surface area contributed by atoms with Gasteiger partial charge in [-0.25, -0.2) is 4.99 Å². The van der Waals surface area contributed by atoms with Crippen molar-refractivity contribution >= 4 is 17.5 Å². The van der Waals surface area contributed by atoms with E-state index in [1.165, 1.54) is 0 Å². The van der Waals surface area contributed by atoms with Gasteiger partial charge in [0.1, 0.15) is 17.9 Å². The van der Waals surface area contributed by atoms with E-state index < -0.39 is 0 Å². The molecule has 1 saturated heterocycles. The molecule has 126 valence electrons. The molecule has 0 radical (unpaired) electrons. The summed E-state index contributed by atoms with van der Waals surface area (Å²) in [5.74, 6) is 1.79. The van der Waals surface area contributed by atoms with E-state index in [0.717, 1.165) is 37.2 Å². The van der Waals surface area contributed by atoms with Gasteiger partial charge >= 0.3 is 0 Å². The van der Waals surface area contributed by atoms with E-state index in [1.54, 1.807) is 7.11 Å². The highest BCUT2D eigenvalue weighted by molar-refractivity contribution is 6.18. The molecule has 2 aliphatic heterocycles. The van der Waals surface area contributed by atoms with Gasteiger partial charge in [-0.2, -0.15) is 0 Å². The van der Waals surface area contributed by atoms with E-state index in [4.69, 9.17) is 30.5 Å². The molecule has 0 aliphatic carbocycles. The van der Waals surface area contributed by atoms with Crippen LogP contribution >= 0.6 is 11.6 Å². The van der Waals surface area contributed by atoms with Crippen molar-refractivity contribution in [3.63, 3.8) is 0 Å². The van der Waals surface area contributed by atoms with Crippen molar-refractivity contribution in [3.8, 4) is 5.75 Å². The topological polar surface area (TPSA) is 49.3 Å². The Kier molecular flexibility index (Phi) is 5.75. The fourth-order valence-electron chi connectivity index (χ4n) is 2.69. The van der Waals surface area contributed by atoms with Gasteiger partial charge in [0.2, 0.25) is 5.90 Å². The molecule has 0 saturated carbocycles. The van der Waals surface area contributed by atoms with Crippen molar-refractivity contribution in [2.75, 3.05) is 26.2 Å². The number of ether oxygens (including phenoxy) is 4. The molecule has 23 heavy (non-hydrogen) atoms. The highest BCUT2D eigenvalue weighted by atomic mass is 35.5. The van der Waals surface area contributed by atoms with Gasteiger partial charge in [-0.15, -0.1) is 11.6 Å². The molecule has 1 aromatic carbocycles. The van der Waals surface area contributed by atoms with Gasteiger partial charge in [0, 0.05) is 12.2 Å². The molecule has 2 aliphatic rings. The number of rotatable bonds is 6. The second-order valence-electron chi connectivity index (χ2n) is 5.67. The summed E-state index contributed by atoms with van der Waals surface area (Å²) in [5.41, 5.74) is 0.914. The Morgan fingerprint density at radius 2 is 2.09 bits per heavy atom. The standard InChI is InChI=1S/C17H22ClNO4/c1-20-13-7-5-12(6-8-13)17-19-14(15(10-18)23-17)11-22-16-4-2-3-9-21-16/h5-8,14-16H,2-4,9-11H2,1H3. The lowest BCUT2D eigenvalue weighted by Crippen LogP contribution is -2.32. The van der Waals surface area contributed by atoms with E-state index in [1.807, 2.05) is 24.3 Å². The van der Waals surface area contributed by atoms with Crippen molar-refractivity contribution in [2.45, 2.75) is 37.7 Å². The van der Waals surface area contributed by atoms with Crippen LogP contribution in [0.1, 0.15) is 24.8 Å². The largest absolute Gasteiger partial charge is 0.497 e. The lowest BCUT2D eigenvalue weighted by atomic mass is 10.2. The van der Waals surface area contributed by atoms with E-state index in [9.17, 15) is 0 Å². The molecule has 1 fully saturated rings. The average molecular weight is 340 g/mol. The Morgan fingerprint density at radius 1 is 1.26 bits per heavy atom. The SMILES string of the molecule is COc1ccc(C2=NC(COC3CCCCO3)C(CCl)O2)cc1. The molecular formula is C17H22ClNO4. The van der Waals surface area contributed by atoms with Gasteiger partial charge in [-0.1, -0.05) is 0 Å². The third-order valence-electron chi connectivity index (χ3n) is 4.06. The summed E-state index contributed by atoms with van der Waals surface area (Å²) in [6, 6.07) is 7.52. The number of nitrogens with zero attached hydrogens (tertiary/aromatic N) is 1. The van der Waals surface area contributed by atoms with Crippen molar-refractivity contribution in [2.24, 2.45) is 4.99 Å². The molecule has 6 heteroatoms. The summed E-state index contributed by atoms with van der Waals surface area (Å²) in [6.07, 6.45) is 2.90. The molecule has 5 nitrogen and oxygen atoms in total. The Labute approximate surface area is 141 Å². The van der Waals surface area contributed by atoms with Gasteiger partial charge in [-0.05, 0) is 43.5 Å². The summed E-state index contributed by atoms with van der Waals surface area (Å²) in [4.78, 5) is 4.64. The minimum Gasteiger partial charge on any atom is -0.497 e. The van der Waals surface area contributed by atoms with E-state index in [2.05, 4.69) is 4.99 Å². The summed E-state index contributed by atoms with van der Waals surface area (Å²) < 4.78 is 22.5. The number of hydrogen-bond acceptors (Lipinski definition) is 5. The zero-order valence-corrected chi connectivity index (χ0v) is 14.0. The van der Waals surface area contributed by atoms with E-state index >= 15 is 0 Å². The normalized spacial score (nSPS) is 27.4. The van der Waals surface area contributed by atoms with Crippen molar-refractivity contribution < 1.29 is 18.9 Å². The van der Waals surface area contributed by atoms with Crippen LogP contribution in [0, 0.1) is 0 Å². The molecule has 3 atom stereocenters. The third-order valence-corrected chi connectivity index (χ3v) is 4.36. The summed E-state index contributed by atoms with van der Waals surface area (Å²) in [7, 11) is 1.64. The highest BCUT2D eigenvalue weighted by Gasteiger charge is 2.32. The molecule has 3 rings (SSSR count). The number of alkyl halides is 1. The van der Waals surface area contributed by atoms with Gasteiger partial charge < -0.3 is 18.9 Å². The van der Waals surface area contributed by atoms with Gasteiger partial charge in [0.15, 0.2) is 6.29 Å². The number of hydrogen-bond donors (Lipinski definition) is 0. The van der Waals surface area contributed by atoms with Crippen LogP contribution in [0.5, 0.6) is 5.75 Å². The Balaban J connectivity index is 1.62. The molecule has 0 bridgehead atoms. The molecule has 0 spiro atoms. The molecule has 0 N–H and O–H groups in total. The van der Waals surface area contributed by atoms with Gasteiger partial charge in [-0.3, -0.25) is 0 Å². The van der Waals surface area contributed by atoms with E-state index in [-0.39, 0.29) is 18.4 Å². The molecule has 0 amide bonds. The zero-order valence-electron chi connectivity index (χ0n) is 13.2. The fraction of sp³-hybridized carbons (Fsp3) is 0.588. The Bertz CT molecular complexity index is 528. The van der Waals surface area contributed by atoms with Crippen molar-refractivity contribution in [3.05, 3.63) is 29.8 Å². The van der Waals surface area contributed by atoms with Crippen molar-refractivity contribution in [1.29, 1.82) is 0 Å². The maximum absolute atomic E-state index is 6.02. The van der Waals surface area contributed by atoms with Crippen LogP contribution < -0.4 is 4.74 Å². The van der Waals surface area contributed by atoms with Crippen molar-refractivity contribution in [1.82, 2.24) is 0 Å². The second-order valence-corrected chi connectivity index (χ2v) is 5.98. The summed E-state index contributed by atoms with van der Waals surface area (Å²) in [6.45, 7) is 1.23. The Hall–Kier alpha value is -1.30. The number of benzene rings is 1. The first-order chi connectivity index (χ1) is 11.3. The molecule has 3 unspecified atom stereocenters. The summed E-state index contributed by atoms with van der Waals surface area (Å²) >= 11 is 6.02. The van der Waals surface area contributed by atoms with E-state index in [0.29, 0.717) is 18.4 Å². The first-order valence-corrected chi connectivity index (χ1v) is 8.51. The van der Waals surface area contributed by atoms with Crippen LogP contribution in [0.25, 0.3) is 0 Å². The second kappa shape index (κ2) is 7.99. The first-order valence-electron chi connectivity index (χ1n) is 7.98. The minimum atomic E-state index is -0.169.